The number of aryl methyl sites for hydroxylation is 1. The summed E-state index contributed by atoms with van der Waals surface area (Å²) < 4.78 is 29.1. The van der Waals surface area contributed by atoms with Crippen LogP contribution in [0.25, 0.3) is 0 Å². The van der Waals surface area contributed by atoms with Gasteiger partial charge in [-0.2, -0.15) is 0 Å². The van der Waals surface area contributed by atoms with Crippen molar-refractivity contribution in [3.05, 3.63) is 77.4 Å². The molecule has 10 heteroatoms. The van der Waals surface area contributed by atoms with E-state index < -0.39 is 27.7 Å². The molecule has 35 heavy (non-hydrogen) atoms. The second kappa shape index (κ2) is 9.80. The van der Waals surface area contributed by atoms with Crippen molar-refractivity contribution in [1.29, 1.82) is 0 Å². The molecule has 9 nitrogen and oxygen atoms in total. The van der Waals surface area contributed by atoms with Gasteiger partial charge in [0, 0.05) is 36.1 Å². The number of aliphatic hydroxyl groups excluding tert-OH is 1. The fourth-order valence-corrected chi connectivity index (χ4v) is 5.41. The minimum atomic E-state index is -3.93. The molecule has 1 aliphatic rings. The number of H-pyrrole nitrogens is 1. The van der Waals surface area contributed by atoms with Gasteiger partial charge in [0.1, 0.15) is 0 Å². The molecular weight excluding hydrogens is 466 g/mol. The van der Waals surface area contributed by atoms with Crippen LogP contribution in [-0.4, -0.2) is 47.6 Å². The first-order valence-electron chi connectivity index (χ1n) is 11.6. The molecule has 2 heterocycles. The van der Waals surface area contributed by atoms with Crippen molar-refractivity contribution < 1.29 is 18.3 Å². The van der Waals surface area contributed by atoms with Crippen molar-refractivity contribution in [2.45, 2.75) is 56.2 Å². The smallest absolute Gasteiger partial charge is 0.251 e. The molecule has 3 aromatic rings. The van der Waals surface area contributed by atoms with Crippen LogP contribution in [0.15, 0.2) is 59.9 Å². The molecule has 4 rings (SSSR count). The predicted molar refractivity (Wildman–Crippen MR) is 134 cm³/mol. The number of hydrogen-bond donors (Lipinski definition) is 5. The molecule has 0 saturated heterocycles. The van der Waals surface area contributed by atoms with Crippen LogP contribution in [0.3, 0.4) is 0 Å². The van der Waals surface area contributed by atoms with Crippen LogP contribution in [0.1, 0.15) is 54.0 Å². The van der Waals surface area contributed by atoms with Crippen LogP contribution >= 0.6 is 0 Å². The summed E-state index contributed by atoms with van der Waals surface area (Å²) in [5.74, 6) is -0.289. The van der Waals surface area contributed by atoms with Gasteiger partial charge in [-0.15, -0.1) is 0 Å². The average molecular weight is 498 g/mol. The monoisotopic (exact) mass is 497 g/mol. The summed E-state index contributed by atoms with van der Waals surface area (Å²) in [6, 6.07) is 10.8. The van der Waals surface area contributed by atoms with Crippen molar-refractivity contribution >= 4 is 21.6 Å². The molecule has 0 aliphatic carbocycles. The largest absolute Gasteiger partial charge is 0.389 e. The summed E-state index contributed by atoms with van der Waals surface area (Å²) in [4.78, 5) is 19.8. The number of amides is 1. The molecule has 1 aromatic heterocycles. The number of carbonyl (C=O) groups excluding carboxylic acids is 1. The molecular formula is C25H31N5O4S. The summed E-state index contributed by atoms with van der Waals surface area (Å²) in [5.41, 5.74) is 2.67. The van der Waals surface area contributed by atoms with Gasteiger partial charge in [0.05, 0.1) is 28.9 Å². The molecule has 0 bridgehead atoms. The summed E-state index contributed by atoms with van der Waals surface area (Å²) in [5, 5.41) is 17.2. The number of benzene rings is 2. The Bertz CT molecular complexity index is 1290. The van der Waals surface area contributed by atoms with Gasteiger partial charge >= 0.3 is 0 Å². The van der Waals surface area contributed by atoms with Gasteiger partial charge in [-0.05, 0) is 61.7 Å². The van der Waals surface area contributed by atoms with Crippen LogP contribution < -0.4 is 15.4 Å². The van der Waals surface area contributed by atoms with E-state index in [1.54, 1.807) is 68.8 Å². The SMILES string of the molecule is CCc1ccc(S(=O)(=O)N[C@@H]2c3cc(C(=O)NCCc4cnc[nH]4)ccc3NC(C)(C)[C@H]2O)cc1. The lowest BCUT2D eigenvalue weighted by molar-refractivity contribution is 0.0769. The standard InChI is InChI=1S/C25H31N5O4S/c1-4-16-5-8-19(9-6-16)35(33,34)30-22-20-13-17(7-10-21(20)29-25(2,3)23(22)31)24(32)27-12-11-18-14-26-15-28-18/h5-10,13-15,22-23,29-31H,4,11-12H2,1-3H3,(H,26,28)(H,27,32)/t22-,23+/m1/s1. The number of nitrogens with zero attached hydrogens (tertiary/aromatic N) is 1. The highest BCUT2D eigenvalue weighted by Gasteiger charge is 2.43. The Morgan fingerprint density at radius 2 is 1.91 bits per heavy atom. The number of hydrogen-bond acceptors (Lipinski definition) is 6. The second-order valence-electron chi connectivity index (χ2n) is 9.27. The number of aromatic nitrogens is 2. The number of aromatic amines is 1. The average Bonchev–Trinajstić information content (AvgIpc) is 3.35. The first-order valence-corrected chi connectivity index (χ1v) is 13.1. The minimum Gasteiger partial charge on any atom is -0.389 e. The lowest BCUT2D eigenvalue weighted by atomic mass is 9.82. The van der Waals surface area contributed by atoms with Crippen molar-refractivity contribution in [3.8, 4) is 0 Å². The van der Waals surface area contributed by atoms with E-state index in [-0.39, 0.29) is 10.8 Å². The summed E-state index contributed by atoms with van der Waals surface area (Å²) >= 11 is 0. The van der Waals surface area contributed by atoms with E-state index in [1.165, 1.54) is 0 Å². The Hall–Kier alpha value is -3.21. The van der Waals surface area contributed by atoms with Gasteiger partial charge in [0.15, 0.2) is 0 Å². The fraction of sp³-hybridized carbons (Fsp3) is 0.360. The molecule has 0 saturated carbocycles. The number of sulfonamides is 1. The van der Waals surface area contributed by atoms with Crippen molar-refractivity contribution in [2.75, 3.05) is 11.9 Å². The van der Waals surface area contributed by atoms with Crippen molar-refractivity contribution in [2.24, 2.45) is 0 Å². The number of nitrogens with one attached hydrogen (secondary N) is 4. The molecule has 0 spiro atoms. The maximum Gasteiger partial charge on any atom is 0.251 e. The highest BCUT2D eigenvalue weighted by atomic mass is 32.2. The number of fused-ring (bicyclic) bond motifs is 1. The molecule has 0 fully saturated rings. The first-order chi connectivity index (χ1) is 16.6. The Balaban J connectivity index is 1.59. The Morgan fingerprint density at radius 3 is 2.57 bits per heavy atom. The summed E-state index contributed by atoms with van der Waals surface area (Å²) in [6.45, 7) is 6.01. The minimum absolute atomic E-state index is 0.118. The fourth-order valence-electron chi connectivity index (χ4n) is 4.18. The molecule has 2 aromatic carbocycles. The Labute approximate surface area is 205 Å². The highest BCUT2D eigenvalue weighted by Crippen LogP contribution is 2.39. The van der Waals surface area contributed by atoms with E-state index in [0.29, 0.717) is 29.8 Å². The van der Waals surface area contributed by atoms with Gasteiger partial charge < -0.3 is 20.7 Å². The number of carbonyl (C=O) groups is 1. The molecule has 186 valence electrons. The number of anilines is 1. The molecule has 2 atom stereocenters. The summed E-state index contributed by atoms with van der Waals surface area (Å²) in [6.07, 6.45) is 3.60. The van der Waals surface area contributed by atoms with E-state index in [1.807, 2.05) is 6.92 Å². The third-order valence-electron chi connectivity index (χ3n) is 6.32. The quantitative estimate of drug-likeness (QED) is 0.324. The third-order valence-corrected chi connectivity index (χ3v) is 7.78. The summed E-state index contributed by atoms with van der Waals surface area (Å²) in [7, 11) is -3.93. The molecule has 5 N–H and O–H groups in total. The van der Waals surface area contributed by atoms with E-state index >= 15 is 0 Å². The third kappa shape index (κ3) is 5.39. The lowest BCUT2D eigenvalue weighted by Crippen LogP contribution is -2.54. The first kappa shape index (κ1) is 24.9. The molecule has 1 aliphatic heterocycles. The number of rotatable bonds is 8. The normalized spacial score (nSPS) is 19.0. The number of aliphatic hydroxyl groups is 1. The van der Waals surface area contributed by atoms with E-state index in [2.05, 4.69) is 25.3 Å². The van der Waals surface area contributed by atoms with Gasteiger partial charge in [-0.3, -0.25) is 4.79 Å². The lowest BCUT2D eigenvalue weighted by Gasteiger charge is -2.43. The Morgan fingerprint density at radius 1 is 1.17 bits per heavy atom. The van der Waals surface area contributed by atoms with E-state index in [9.17, 15) is 18.3 Å². The van der Waals surface area contributed by atoms with Gasteiger partial charge in [0.2, 0.25) is 10.0 Å². The second-order valence-corrected chi connectivity index (χ2v) is 11.0. The van der Waals surface area contributed by atoms with Crippen molar-refractivity contribution in [1.82, 2.24) is 20.0 Å². The van der Waals surface area contributed by atoms with Gasteiger partial charge in [-0.1, -0.05) is 19.1 Å². The van der Waals surface area contributed by atoms with Gasteiger partial charge in [0.25, 0.3) is 5.91 Å². The maximum atomic E-state index is 13.2. The highest BCUT2D eigenvalue weighted by molar-refractivity contribution is 7.89. The van der Waals surface area contributed by atoms with Crippen LogP contribution in [0.4, 0.5) is 5.69 Å². The molecule has 1 amide bonds. The zero-order valence-electron chi connectivity index (χ0n) is 20.0. The predicted octanol–water partition coefficient (Wildman–Crippen LogP) is 2.53. The maximum absolute atomic E-state index is 13.2. The van der Waals surface area contributed by atoms with Crippen LogP contribution in [0, 0.1) is 0 Å². The van der Waals surface area contributed by atoms with E-state index in [4.69, 9.17) is 0 Å². The zero-order valence-corrected chi connectivity index (χ0v) is 20.8. The van der Waals surface area contributed by atoms with Crippen LogP contribution in [0.5, 0.6) is 0 Å². The van der Waals surface area contributed by atoms with Gasteiger partial charge in [-0.25, -0.2) is 18.1 Å². The number of imidazole rings is 1. The van der Waals surface area contributed by atoms with Crippen LogP contribution in [0.2, 0.25) is 0 Å². The zero-order chi connectivity index (χ0) is 25.2. The molecule has 0 unspecified atom stereocenters. The van der Waals surface area contributed by atoms with Crippen LogP contribution in [-0.2, 0) is 22.9 Å². The van der Waals surface area contributed by atoms with Crippen molar-refractivity contribution in [3.63, 3.8) is 0 Å². The Kier molecular flexibility index (Phi) is 6.98. The molecule has 0 radical (unpaired) electrons. The van der Waals surface area contributed by atoms with E-state index in [0.717, 1.165) is 17.7 Å². The topological polar surface area (TPSA) is 136 Å².